The molecule has 0 bridgehead atoms. The van der Waals surface area contributed by atoms with Crippen LogP contribution in [0.1, 0.15) is 25.0 Å². The van der Waals surface area contributed by atoms with Crippen molar-refractivity contribution in [2.45, 2.75) is 32.0 Å². The topological polar surface area (TPSA) is 92.3 Å². The van der Waals surface area contributed by atoms with Crippen LogP contribution < -0.4 is 15.4 Å². The van der Waals surface area contributed by atoms with Crippen LogP contribution in [-0.4, -0.2) is 35.8 Å². The number of carbonyl (C=O) groups is 3. The minimum absolute atomic E-state index is 0.0931. The van der Waals surface area contributed by atoms with E-state index in [2.05, 4.69) is 5.32 Å². The maximum absolute atomic E-state index is 13.7. The molecule has 2 saturated heterocycles. The van der Waals surface area contributed by atoms with E-state index in [1.807, 2.05) is 37.4 Å². The first-order valence-electron chi connectivity index (χ1n) is 10.7. The van der Waals surface area contributed by atoms with Crippen molar-refractivity contribution in [1.82, 2.24) is 4.90 Å². The molecule has 2 aromatic rings. The minimum Gasteiger partial charge on any atom is -0.497 e. The highest BCUT2D eigenvalue weighted by molar-refractivity contribution is 6.35. The number of anilines is 1. The Morgan fingerprint density at radius 1 is 1.12 bits per heavy atom. The highest BCUT2D eigenvalue weighted by Gasteiger charge is 2.74. The van der Waals surface area contributed by atoms with E-state index in [0.29, 0.717) is 22.0 Å². The van der Waals surface area contributed by atoms with Gasteiger partial charge in [-0.1, -0.05) is 43.6 Å². The van der Waals surface area contributed by atoms with Crippen LogP contribution in [0, 0.1) is 17.8 Å². The molecule has 0 radical (unpaired) electrons. The van der Waals surface area contributed by atoms with Crippen molar-refractivity contribution in [2.24, 2.45) is 17.8 Å². The summed E-state index contributed by atoms with van der Waals surface area (Å²) in [6.07, 6.45) is 0. The van der Waals surface area contributed by atoms with E-state index in [-0.39, 0.29) is 36.2 Å². The molecule has 3 amide bonds. The molecule has 3 aliphatic heterocycles. The van der Waals surface area contributed by atoms with Crippen LogP contribution in [0.3, 0.4) is 0 Å². The molecule has 0 saturated carbocycles. The number of likely N-dealkylation sites (tertiary alicyclic amines) is 1. The lowest BCUT2D eigenvalue weighted by molar-refractivity contribution is -0.738. The second-order valence-electron chi connectivity index (χ2n) is 9.09. The molecule has 166 valence electrons. The molecular weight excluding hydrogens is 430 g/mol. The lowest BCUT2D eigenvalue weighted by Crippen LogP contribution is -2.99. The number of quaternary nitrogens is 1. The molecule has 32 heavy (non-hydrogen) atoms. The van der Waals surface area contributed by atoms with Gasteiger partial charge in [0.05, 0.1) is 24.4 Å². The fourth-order valence-corrected chi connectivity index (χ4v) is 5.84. The predicted octanol–water partition coefficient (Wildman–Crippen LogP) is 1.90. The Hall–Kier alpha value is -2.90. The molecule has 3 N–H and O–H groups in total. The van der Waals surface area contributed by atoms with E-state index in [1.54, 1.807) is 31.4 Å². The number of nitrogens with two attached hydrogens (primary N) is 1. The second-order valence-corrected chi connectivity index (χ2v) is 9.49. The maximum Gasteiger partial charge on any atom is 0.291 e. The number of hydrogen-bond donors (Lipinski definition) is 2. The summed E-state index contributed by atoms with van der Waals surface area (Å²) in [4.78, 5) is 42.0. The number of hydrogen-bond acceptors (Lipinski definition) is 4. The van der Waals surface area contributed by atoms with Crippen molar-refractivity contribution >= 4 is 35.0 Å². The first-order chi connectivity index (χ1) is 15.3. The number of imide groups is 1. The summed E-state index contributed by atoms with van der Waals surface area (Å²) < 4.78 is 5.19. The van der Waals surface area contributed by atoms with Crippen LogP contribution in [0.5, 0.6) is 5.75 Å². The number of nitrogens with zero attached hydrogens (tertiary/aromatic N) is 1. The quantitative estimate of drug-likeness (QED) is 0.690. The molecular formula is C24H25ClN3O4+. The second kappa shape index (κ2) is 7.32. The van der Waals surface area contributed by atoms with Crippen molar-refractivity contribution in [3.05, 3.63) is 58.6 Å². The Bertz CT molecular complexity index is 1130. The van der Waals surface area contributed by atoms with Gasteiger partial charge in [-0.3, -0.25) is 19.3 Å². The van der Waals surface area contributed by atoms with Gasteiger partial charge in [0.2, 0.25) is 17.4 Å². The Balaban J connectivity index is 1.58. The van der Waals surface area contributed by atoms with Crippen LogP contribution in [0.15, 0.2) is 42.5 Å². The van der Waals surface area contributed by atoms with Gasteiger partial charge in [0.15, 0.2) is 0 Å². The van der Waals surface area contributed by atoms with Crippen molar-refractivity contribution in [3.8, 4) is 5.75 Å². The van der Waals surface area contributed by atoms with Gasteiger partial charge in [0.1, 0.15) is 23.6 Å². The van der Waals surface area contributed by atoms with Crippen LogP contribution in [0.2, 0.25) is 5.02 Å². The van der Waals surface area contributed by atoms with Gasteiger partial charge < -0.3 is 15.4 Å². The monoisotopic (exact) mass is 454 g/mol. The zero-order valence-electron chi connectivity index (χ0n) is 18.1. The number of para-hydroxylation sites is 1. The number of halogens is 1. The SMILES string of the molecule is COc1ccc(CN2C(=O)[C@@H]3[C@@H](C2=O)[C@]2([NH2+][C@H]3C(C)C)C(=O)Nc3c(Cl)cccc32)cc1. The number of methoxy groups -OCH3 is 1. The van der Waals surface area contributed by atoms with Crippen LogP contribution in [0.4, 0.5) is 5.69 Å². The van der Waals surface area contributed by atoms with Gasteiger partial charge >= 0.3 is 0 Å². The first-order valence-corrected chi connectivity index (χ1v) is 11.1. The molecule has 3 aliphatic rings. The number of carbonyl (C=O) groups excluding carboxylic acids is 3. The summed E-state index contributed by atoms with van der Waals surface area (Å²) >= 11 is 6.36. The maximum atomic E-state index is 13.7. The predicted molar refractivity (Wildman–Crippen MR) is 118 cm³/mol. The summed E-state index contributed by atoms with van der Waals surface area (Å²) in [5.41, 5.74) is 0.847. The van der Waals surface area contributed by atoms with E-state index in [1.165, 1.54) is 4.90 Å². The molecule has 5 rings (SSSR count). The average Bonchev–Trinajstić information content (AvgIpc) is 3.36. The van der Waals surface area contributed by atoms with E-state index in [0.717, 1.165) is 5.56 Å². The zero-order chi connectivity index (χ0) is 22.8. The minimum atomic E-state index is -1.19. The Morgan fingerprint density at radius 2 is 1.84 bits per heavy atom. The number of fused-ring (bicyclic) bond motifs is 4. The normalized spacial score (nSPS) is 28.5. The van der Waals surface area contributed by atoms with Crippen molar-refractivity contribution in [2.75, 3.05) is 12.4 Å². The van der Waals surface area contributed by atoms with E-state index in [9.17, 15) is 14.4 Å². The Labute approximate surface area is 191 Å². The summed E-state index contributed by atoms with van der Waals surface area (Å²) in [5.74, 6) is -1.36. The fourth-order valence-electron chi connectivity index (χ4n) is 5.61. The van der Waals surface area contributed by atoms with E-state index in [4.69, 9.17) is 16.3 Å². The van der Waals surface area contributed by atoms with Crippen LogP contribution >= 0.6 is 11.6 Å². The summed E-state index contributed by atoms with van der Waals surface area (Å²) in [7, 11) is 1.59. The van der Waals surface area contributed by atoms with Gasteiger partial charge in [0, 0.05) is 11.5 Å². The number of nitrogens with one attached hydrogen (secondary N) is 1. The van der Waals surface area contributed by atoms with Gasteiger partial charge in [-0.2, -0.15) is 0 Å². The number of benzene rings is 2. The van der Waals surface area contributed by atoms with Crippen molar-refractivity contribution < 1.29 is 24.4 Å². The summed E-state index contributed by atoms with van der Waals surface area (Å²) in [6.45, 7) is 4.21. The molecule has 3 heterocycles. The lowest BCUT2D eigenvalue weighted by Gasteiger charge is -2.27. The third kappa shape index (κ3) is 2.74. The third-order valence-corrected chi connectivity index (χ3v) is 7.46. The number of rotatable bonds is 4. The largest absolute Gasteiger partial charge is 0.497 e. The molecule has 0 aromatic heterocycles. The summed E-state index contributed by atoms with van der Waals surface area (Å²) in [6, 6.07) is 12.4. The number of ether oxygens (including phenoxy) is 1. The standard InChI is InChI=1S/C24H24ClN3O4/c1-12(2)19-17-18(24(27-19)15-5-4-6-16(25)20(15)26-23(24)31)22(30)28(21(17)29)11-13-7-9-14(32-3)10-8-13/h4-10,12,17-19,27H,11H2,1-3H3,(H,26,31)/p+1/t17-,18+,19+,24+/m1/s1. The Morgan fingerprint density at radius 3 is 2.50 bits per heavy atom. The molecule has 2 fully saturated rings. The van der Waals surface area contributed by atoms with Gasteiger partial charge in [0.25, 0.3) is 5.91 Å². The van der Waals surface area contributed by atoms with Gasteiger partial charge in [-0.25, -0.2) is 0 Å². The molecule has 2 aromatic carbocycles. The molecule has 0 unspecified atom stereocenters. The molecule has 7 nitrogen and oxygen atoms in total. The third-order valence-electron chi connectivity index (χ3n) is 7.15. The van der Waals surface area contributed by atoms with Crippen molar-refractivity contribution in [1.29, 1.82) is 0 Å². The smallest absolute Gasteiger partial charge is 0.291 e. The molecule has 0 aliphatic carbocycles. The van der Waals surface area contributed by atoms with E-state index < -0.39 is 17.4 Å². The summed E-state index contributed by atoms with van der Waals surface area (Å²) in [5, 5.41) is 5.25. The fraction of sp³-hybridized carbons (Fsp3) is 0.375. The first kappa shape index (κ1) is 21.0. The Kier molecular flexibility index (Phi) is 4.80. The molecule has 4 atom stereocenters. The lowest BCUT2D eigenvalue weighted by atomic mass is 9.76. The van der Waals surface area contributed by atoms with E-state index >= 15 is 0 Å². The van der Waals surface area contributed by atoms with Gasteiger partial charge in [-0.15, -0.1) is 0 Å². The highest BCUT2D eigenvalue weighted by Crippen LogP contribution is 2.51. The molecule has 8 heteroatoms. The zero-order valence-corrected chi connectivity index (χ0v) is 18.8. The van der Waals surface area contributed by atoms with Crippen LogP contribution in [-0.2, 0) is 26.5 Å². The number of amides is 3. The van der Waals surface area contributed by atoms with Crippen molar-refractivity contribution in [3.63, 3.8) is 0 Å². The molecule has 1 spiro atoms. The highest BCUT2D eigenvalue weighted by atomic mass is 35.5. The average molecular weight is 455 g/mol. The van der Waals surface area contributed by atoms with Gasteiger partial charge in [-0.05, 0) is 29.8 Å². The van der Waals surface area contributed by atoms with Crippen LogP contribution in [0.25, 0.3) is 0 Å².